The molecule has 0 spiro atoms. The summed E-state index contributed by atoms with van der Waals surface area (Å²) in [6, 6.07) is 0. The number of carbonyl (C=O) groups excluding carboxylic acids is 1. The van der Waals surface area contributed by atoms with Gasteiger partial charge in [0.15, 0.2) is 0 Å². The van der Waals surface area contributed by atoms with E-state index in [9.17, 15) is 4.79 Å². The van der Waals surface area contributed by atoms with Crippen molar-refractivity contribution in [3.05, 3.63) is 0 Å². The first-order valence-electron chi connectivity index (χ1n) is 4.97. The lowest BCUT2D eigenvalue weighted by Gasteiger charge is -2.36. The van der Waals surface area contributed by atoms with Crippen LogP contribution in [-0.2, 0) is 4.79 Å². The highest BCUT2D eigenvalue weighted by Gasteiger charge is 2.34. The molecule has 1 unspecified atom stereocenters. The molecule has 0 aromatic carbocycles. The van der Waals surface area contributed by atoms with Crippen molar-refractivity contribution in [3.63, 3.8) is 0 Å². The molecule has 1 nitrogen and oxygen atoms in total. The van der Waals surface area contributed by atoms with Gasteiger partial charge in [-0.3, -0.25) is 4.79 Å². The molecule has 1 rings (SSSR count). The highest BCUT2D eigenvalue weighted by Crippen LogP contribution is 2.40. The standard InChI is InChI=1S/C12H18O/c1-4-5-6-10-9-11(13)7-8-12(10,2)3/h10H,6-9H2,1-3H3. The Labute approximate surface area is 80.9 Å². The molecule has 1 aliphatic rings. The minimum atomic E-state index is 0.303. The van der Waals surface area contributed by atoms with Crippen molar-refractivity contribution in [1.82, 2.24) is 0 Å². The maximum absolute atomic E-state index is 11.3. The van der Waals surface area contributed by atoms with Crippen LogP contribution in [0.25, 0.3) is 0 Å². The summed E-state index contributed by atoms with van der Waals surface area (Å²) in [6.45, 7) is 6.36. The van der Waals surface area contributed by atoms with E-state index in [4.69, 9.17) is 0 Å². The van der Waals surface area contributed by atoms with Crippen molar-refractivity contribution >= 4 is 5.78 Å². The predicted molar refractivity (Wildman–Crippen MR) is 54.2 cm³/mol. The zero-order chi connectivity index (χ0) is 9.90. The Balaban J connectivity index is 2.64. The van der Waals surface area contributed by atoms with Crippen molar-refractivity contribution in [1.29, 1.82) is 0 Å². The van der Waals surface area contributed by atoms with Gasteiger partial charge >= 0.3 is 0 Å². The number of Topliss-reactive ketones (excluding diaryl/α,β-unsaturated/α-hetero) is 1. The third kappa shape index (κ3) is 2.59. The molecular formula is C12H18O. The molecule has 72 valence electrons. The fourth-order valence-electron chi connectivity index (χ4n) is 1.89. The summed E-state index contributed by atoms with van der Waals surface area (Å²) < 4.78 is 0. The van der Waals surface area contributed by atoms with Gasteiger partial charge in [-0.2, -0.15) is 0 Å². The fraction of sp³-hybridized carbons (Fsp3) is 0.750. The van der Waals surface area contributed by atoms with E-state index in [2.05, 4.69) is 25.7 Å². The first kappa shape index (κ1) is 10.3. The summed E-state index contributed by atoms with van der Waals surface area (Å²) in [4.78, 5) is 11.3. The first-order chi connectivity index (χ1) is 6.06. The first-order valence-corrected chi connectivity index (χ1v) is 4.97. The van der Waals surface area contributed by atoms with Crippen LogP contribution < -0.4 is 0 Å². The van der Waals surface area contributed by atoms with Gasteiger partial charge < -0.3 is 0 Å². The van der Waals surface area contributed by atoms with Crippen molar-refractivity contribution in [2.24, 2.45) is 11.3 Å². The van der Waals surface area contributed by atoms with Crippen LogP contribution in [0.2, 0.25) is 0 Å². The van der Waals surface area contributed by atoms with E-state index in [1.54, 1.807) is 0 Å². The molecule has 0 heterocycles. The molecule has 1 fully saturated rings. The SMILES string of the molecule is CC#CCC1CC(=O)CCC1(C)C. The van der Waals surface area contributed by atoms with Gasteiger partial charge in [-0.1, -0.05) is 13.8 Å². The van der Waals surface area contributed by atoms with Crippen LogP contribution in [0.3, 0.4) is 0 Å². The van der Waals surface area contributed by atoms with E-state index in [-0.39, 0.29) is 0 Å². The van der Waals surface area contributed by atoms with E-state index in [1.165, 1.54) is 0 Å². The van der Waals surface area contributed by atoms with Gasteiger partial charge in [0.05, 0.1) is 0 Å². The zero-order valence-electron chi connectivity index (χ0n) is 8.81. The molecule has 1 heteroatoms. The van der Waals surface area contributed by atoms with Gasteiger partial charge in [0.25, 0.3) is 0 Å². The number of hydrogen-bond donors (Lipinski definition) is 0. The third-order valence-electron chi connectivity index (χ3n) is 3.15. The van der Waals surface area contributed by atoms with Crippen LogP contribution in [-0.4, -0.2) is 5.78 Å². The van der Waals surface area contributed by atoms with E-state index >= 15 is 0 Å². The molecule has 1 saturated carbocycles. The molecule has 0 amide bonds. The molecule has 0 saturated heterocycles. The van der Waals surface area contributed by atoms with Gasteiger partial charge in [0.2, 0.25) is 0 Å². The summed E-state index contributed by atoms with van der Waals surface area (Å²) >= 11 is 0. The summed E-state index contributed by atoms with van der Waals surface area (Å²) in [5, 5.41) is 0. The van der Waals surface area contributed by atoms with Crippen LogP contribution in [0.4, 0.5) is 0 Å². The molecule has 0 bridgehead atoms. The second-order valence-electron chi connectivity index (χ2n) is 4.56. The minimum absolute atomic E-state index is 0.303. The quantitative estimate of drug-likeness (QED) is 0.564. The molecule has 0 radical (unpaired) electrons. The van der Waals surface area contributed by atoms with E-state index in [1.807, 2.05) is 6.92 Å². The Morgan fingerprint density at radius 3 is 2.85 bits per heavy atom. The Kier molecular flexibility index (Phi) is 3.14. The van der Waals surface area contributed by atoms with Gasteiger partial charge in [-0.05, 0) is 24.7 Å². The van der Waals surface area contributed by atoms with Crippen molar-refractivity contribution < 1.29 is 4.79 Å². The maximum Gasteiger partial charge on any atom is 0.133 e. The fourth-order valence-corrected chi connectivity index (χ4v) is 1.89. The predicted octanol–water partition coefficient (Wildman–Crippen LogP) is 2.80. The molecule has 0 aromatic heterocycles. The van der Waals surface area contributed by atoms with Crippen LogP contribution in [0, 0.1) is 23.2 Å². The summed E-state index contributed by atoms with van der Waals surface area (Å²) in [5.41, 5.74) is 0.303. The van der Waals surface area contributed by atoms with Gasteiger partial charge in [0.1, 0.15) is 5.78 Å². The smallest absolute Gasteiger partial charge is 0.133 e. The summed E-state index contributed by atoms with van der Waals surface area (Å²) in [7, 11) is 0. The van der Waals surface area contributed by atoms with E-state index in [0.29, 0.717) is 17.1 Å². The number of carbonyl (C=O) groups is 1. The summed E-state index contributed by atoms with van der Waals surface area (Å²) in [5.74, 6) is 6.89. The van der Waals surface area contributed by atoms with Gasteiger partial charge in [0, 0.05) is 19.3 Å². The van der Waals surface area contributed by atoms with E-state index in [0.717, 1.165) is 25.7 Å². The third-order valence-corrected chi connectivity index (χ3v) is 3.15. The minimum Gasteiger partial charge on any atom is -0.300 e. The second kappa shape index (κ2) is 3.96. The van der Waals surface area contributed by atoms with Crippen LogP contribution in [0.1, 0.15) is 46.5 Å². The van der Waals surface area contributed by atoms with Gasteiger partial charge in [-0.25, -0.2) is 0 Å². The highest BCUT2D eigenvalue weighted by molar-refractivity contribution is 5.79. The average Bonchev–Trinajstić information content (AvgIpc) is 2.07. The van der Waals surface area contributed by atoms with Crippen molar-refractivity contribution in [3.8, 4) is 11.8 Å². The Bertz CT molecular complexity index is 252. The molecule has 0 aliphatic heterocycles. The normalized spacial score (nSPS) is 26.4. The molecule has 0 aromatic rings. The Hall–Kier alpha value is -0.770. The van der Waals surface area contributed by atoms with E-state index < -0.39 is 0 Å². The maximum atomic E-state index is 11.3. The molecule has 1 aliphatic carbocycles. The number of rotatable bonds is 1. The Morgan fingerprint density at radius 2 is 2.23 bits per heavy atom. The number of hydrogen-bond acceptors (Lipinski definition) is 1. The lowest BCUT2D eigenvalue weighted by Crippen LogP contribution is -2.31. The second-order valence-corrected chi connectivity index (χ2v) is 4.56. The van der Waals surface area contributed by atoms with Crippen LogP contribution >= 0.6 is 0 Å². The summed E-state index contributed by atoms with van der Waals surface area (Å²) in [6.07, 6.45) is 3.42. The molecule has 13 heavy (non-hydrogen) atoms. The lowest BCUT2D eigenvalue weighted by molar-refractivity contribution is -0.124. The topological polar surface area (TPSA) is 17.1 Å². The van der Waals surface area contributed by atoms with Crippen LogP contribution in [0.5, 0.6) is 0 Å². The average molecular weight is 178 g/mol. The molecular weight excluding hydrogens is 160 g/mol. The zero-order valence-corrected chi connectivity index (χ0v) is 8.81. The number of ketones is 1. The van der Waals surface area contributed by atoms with Crippen molar-refractivity contribution in [2.45, 2.75) is 46.5 Å². The largest absolute Gasteiger partial charge is 0.300 e. The highest BCUT2D eigenvalue weighted by atomic mass is 16.1. The molecule has 1 atom stereocenters. The monoisotopic (exact) mass is 178 g/mol. The lowest BCUT2D eigenvalue weighted by atomic mass is 9.67. The Morgan fingerprint density at radius 1 is 1.54 bits per heavy atom. The van der Waals surface area contributed by atoms with Crippen LogP contribution in [0.15, 0.2) is 0 Å². The van der Waals surface area contributed by atoms with Crippen molar-refractivity contribution in [2.75, 3.05) is 0 Å². The molecule has 0 N–H and O–H groups in total. The van der Waals surface area contributed by atoms with Gasteiger partial charge in [-0.15, -0.1) is 11.8 Å².